The van der Waals surface area contributed by atoms with Crippen LogP contribution in [0.25, 0.3) is 0 Å². The number of nitro benzene ring substituents is 1. The van der Waals surface area contributed by atoms with E-state index < -0.39 is 10.7 Å². The summed E-state index contributed by atoms with van der Waals surface area (Å²) < 4.78 is 13.3. The highest BCUT2D eigenvalue weighted by atomic mass is 19.1. The fourth-order valence-electron chi connectivity index (χ4n) is 1.45. The molecule has 0 amide bonds. The van der Waals surface area contributed by atoms with Gasteiger partial charge in [-0.1, -0.05) is 12.1 Å². The number of hydrogen-bond donors (Lipinski definition) is 1. The molecule has 0 aliphatic heterocycles. The number of halogens is 1. The average Bonchev–Trinajstić information content (AvgIpc) is 2.39. The first-order chi connectivity index (χ1) is 9.08. The number of non-ortho nitro benzene ring substituents is 1. The minimum atomic E-state index is -0.583. The Morgan fingerprint density at radius 3 is 2.68 bits per heavy atom. The highest BCUT2D eigenvalue weighted by molar-refractivity contribution is 5.86. The molecule has 19 heavy (non-hydrogen) atoms. The van der Waals surface area contributed by atoms with E-state index >= 15 is 0 Å². The Labute approximate surface area is 107 Å². The molecule has 0 aliphatic rings. The van der Waals surface area contributed by atoms with Crippen molar-refractivity contribution in [2.24, 2.45) is 4.99 Å². The molecule has 96 valence electrons. The molecule has 0 saturated heterocycles. The maximum Gasteiger partial charge on any atom is 0.270 e. The molecule has 0 atom stereocenters. The van der Waals surface area contributed by atoms with Crippen LogP contribution in [-0.4, -0.2) is 16.2 Å². The summed E-state index contributed by atoms with van der Waals surface area (Å²) in [5, 5.41) is 20.2. The molecule has 0 bridgehead atoms. The quantitative estimate of drug-likeness (QED) is 0.523. The Kier molecular flexibility index (Phi) is 3.51. The van der Waals surface area contributed by atoms with Crippen LogP contribution < -0.4 is 0 Å². The maximum absolute atomic E-state index is 13.3. The van der Waals surface area contributed by atoms with Crippen molar-refractivity contribution in [3.63, 3.8) is 0 Å². The van der Waals surface area contributed by atoms with E-state index in [1.54, 1.807) is 6.07 Å². The van der Waals surface area contributed by atoms with E-state index in [2.05, 4.69) is 4.99 Å². The van der Waals surface area contributed by atoms with Gasteiger partial charge in [-0.3, -0.25) is 15.1 Å². The molecule has 5 nitrogen and oxygen atoms in total. The lowest BCUT2D eigenvalue weighted by Crippen LogP contribution is -1.90. The summed E-state index contributed by atoms with van der Waals surface area (Å²) in [5.74, 6) is -0.672. The van der Waals surface area contributed by atoms with Gasteiger partial charge in [0.25, 0.3) is 5.69 Å². The zero-order chi connectivity index (χ0) is 13.8. The van der Waals surface area contributed by atoms with Gasteiger partial charge in [-0.05, 0) is 18.2 Å². The number of phenolic OH excluding ortho intramolecular Hbond substituents is 1. The SMILES string of the molecule is O=[N+]([O-])c1ccc(O)c(/C=N/c2ccccc2F)c1. The predicted molar refractivity (Wildman–Crippen MR) is 68.4 cm³/mol. The minimum absolute atomic E-state index is 0.0911. The number of aliphatic imine (C=N–C) groups is 1. The molecule has 1 N–H and O–H groups in total. The van der Waals surface area contributed by atoms with Crippen molar-refractivity contribution >= 4 is 17.6 Å². The number of phenols is 1. The summed E-state index contributed by atoms with van der Waals surface area (Å²) in [6.45, 7) is 0. The molecule has 0 heterocycles. The Morgan fingerprint density at radius 2 is 2.00 bits per heavy atom. The standard InChI is InChI=1S/C13H9FN2O3/c14-11-3-1-2-4-12(11)15-8-9-7-10(16(18)19)5-6-13(9)17/h1-8,17H/b15-8+. The van der Waals surface area contributed by atoms with Gasteiger partial charge in [0.2, 0.25) is 0 Å². The van der Waals surface area contributed by atoms with Gasteiger partial charge in [-0.2, -0.15) is 0 Å². The van der Waals surface area contributed by atoms with E-state index in [1.165, 1.54) is 42.6 Å². The number of rotatable bonds is 3. The van der Waals surface area contributed by atoms with Crippen molar-refractivity contribution in [1.29, 1.82) is 0 Å². The molecule has 0 spiro atoms. The van der Waals surface area contributed by atoms with Crippen molar-refractivity contribution in [3.05, 3.63) is 64.0 Å². The molecule has 0 saturated carbocycles. The third kappa shape index (κ3) is 2.92. The van der Waals surface area contributed by atoms with Crippen molar-refractivity contribution in [2.75, 3.05) is 0 Å². The van der Waals surface area contributed by atoms with Crippen LogP contribution in [0.4, 0.5) is 15.8 Å². The number of para-hydroxylation sites is 1. The third-order valence-electron chi connectivity index (χ3n) is 2.42. The van der Waals surface area contributed by atoms with Gasteiger partial charge in [-0.25, -0.2) is 4.39 Å². The Morgan fingerprint density at radius 1 is 1.26 bits per heavy atom. The maximum atomic E-state index is 13.3. The largest absolute Gasteiger partial charge is 0.507 e. The van der Waals surface area contributed by atoms with E-state index in [0.29, 0.717) is 0 Å². The van der Waals surface area contributed by atoms with Crippen LogP contribution in [0.1, 0.15) is 5.56 Å². The highest BCUT2D eigenvalue weighted by Gasteiger charge is 2.08. The van der Waals surface area contributed by atoms with Crippen molar-refractivity contribution in [2.45, 2.75) is 0 Å². The lowest BCUT2D eigenvalue weighted by atomic mass is 10.2. The van der Waals surface area contributed by atoms with Crippen molar-refractivity contribution < 1.29 is 14.4 Å². The molecular formula is C13H9FN2O3. The lowest BCUT2D eigenvalue weighted by Gasteiger charge is -1.99. The van der Waals surface area contributed by atoms with Gasteiger partial charge < -0.3 is 5.11 Å². The minimum Gasteiger partial charge on any atom is -0.507 e. The van der Waals surface area contributed by atoms with E-state index in [9.17, 15) is 19.6 Å². The summed E-state index contributed by atoms with van der Waals surface area (Å²) in [7, 11) is 0. The van der Waals surface area contributed by atoms with Crippen LogP contribution in [0.2, 0.25) is 0 Å². The normalized spacial score (nSPS) is 10.8. The van der Waals surface area contributed by atoms with Gasteiger partial charge in [0.05, 0.1) is 10.6 Å². The lowest BCUT2D eigenvalue weighted by molar-refractivity contribution is -0.384. The highest BCUT2D eigenvalue weighted by Crippen LogP contribution is 2.23. The molecule has 0 aromatic heterocycles. The first kappa shape index (κ1) is 12.7. The second-order valence-corrected chi connectivity index (χ2v) is 3.71. The zero-order valence-electron chi connectivity index (χ0n) is 9.65. The molecular weight excluding hydrogens is 251 g/mol. The van der Waals surface area contributed by atoms with E-state index in [-0.39, 0.29) is 22.7 Å². The Hall–Kier alpha value is -2.76. The second-order valence-electron chi connectivity index (χ2n) is 3.71. The first-order valence-corrected chi connectivity index (χ1v) is 5.34. The molecule has 2 aromatic rings. The molecule has 0 radical (unpaired) electrons. The molecule has 2 rings (SSSR count). The summed E-state index contributed by atoms with van der Waals surface area (Å²) in [5.41, 5.74) is 0.0682. The number of nitro groups is 1. The van der Waals surface area contributed by atoms with Gasteiger partial charge >= 0.3 is 0 Å². The molecule has 0 unspecified atom stereocenters. The number of nitrogens with zero attached hydrogens (tertiary/aromatic N) is 2. The van der Waals surface area contributed by atoms with E-state index in [0.717, 1.165) is 0 Å². The number of benzene rings is 2. The molecule has 0 fully saturated rings. The van der Waals surface area contributed by atoms with E-state index in [4.69, 9.17) is 0 Å². The van der Waals surface area contributed by atoms with Crippen molar-refractivity contribution in [3.8, 4) is 5.75 Å². The van der Waals surface area contributed by atoms with Gasteiger partial charge in [0.1, 0.15) is 11.6 Å². The fraction of sp³-hybridized carbons (Fsp3) is 0. The summed E-state index contributed by atoms with van der Waals surface area (Å²) in [6.07, 6.45) is 1.18. The van der Waals surface area contributed by atoms with Gasteiger partial charge in [0.15, 0.2) is 0 Å². The van der Waals surface area contributed by atoms with Gasteiger partial charge in [-0.15, -0.1) is 0 Å². The smallest absolute Gasteiger partial charge is 0.270 e. The van der Waals surface area contributed by atoms with Crippen LogP contribution >= 0.6 is 0 Å². The van der Waals surface area contributed by atoms with Crippen LogP contribution in [0.5, 0.6) is 5.75 Å². The second kappa shape index (κ2) is 5.26. The Bertz CT molecular complexity index is 656. The average molecular weight is 260 g/mol. The predicted octanol–water partition coefficient (Wildman–Crippen LogP) is 3.19. The van der Waals surface area contributed by atoms with Crippen LogP contribution in [0, 0.1) is 15.9 Å². The number of hydrogen-bond acceptors (Lipinski definition) is 4. The third-order valence-corrected chi connectivity index (χ3v) is 2.42. The molecule has 6 heteroatoms. The summed E-state index contributed by atoms with van der Waals surface area (Å²) >= 11 is 0. The summed E-state index contributed by atoms with van der Waals surface area (Å²) in [4.78, 5) is 13.9. The topological polar surface area (TPSA) is 75.7 Å². The monoisotopic (exact) mass is 260 g/mol. The zero-order valence-corrected chi connectivity index (χ0v) is 9.65. The van der Waals surface area contributed by atoms with Crippen LogP contribution in [0.3, 0.4) is 0 Å². The van der Waals surface area contributed by atoms with Gasteiger partial charge in [0, 0.05) is 23.9 Å². The first-order valence-electron chi connectivity index (χ1n) is 5.34. The molecule has 0 aliphatic carbocycles. The number of aromatic hydroxyl groups is 1. The summed E-state index contributed by atoms with van der Waals surface area (Å²) in [6, 6.07) is 9.39. The Balaban J connectivity index is 2.35. The van der Waals surface area contributed by atoms with E-state index in [1.807, 2.05) is 0 Å². The van der Waals surface area contributed by atoms with Crippen molar-refractivity contribution in [1.82, 2.24) is 0 Å². The molecule has 2 aromatic carbocycles. The fourth-order valence-corrected chi connectivity index (χ4v) is 1.45. The van der Waals surface area contributed by atoms with Crippen LogP contribution in [-0.2, 0) is 0 Å². The van der Waals surface area contributed by atoms with Crippen LogP contribution in [0.15, 0.2) is 47.5 Å².